The molecule has 1 fully saturated rings. The van der Waals surface area contributed by atoms with Gasteiger partial charge in [-0.15, -0.1) is 12.4 Å². The van der Waals surface area contributed by atoms with Gasteiger partial charge in [-0.05, 0) is 0 Å². The number of carboxylic acids is 4. The molecule has 1 rings (SSSR count). The van der Waals surface area contributed by atoms with Crippen LogP contribution in [0.1, 0.15) is 6.42 Å². The molecule has 0 amide bonds. The summed E-state index contributed by atoms with van der Waals surface area (Å²) in [5, 5.41) is 35.4. The van der Waals surface area contributed by atoms with E-state index in [-0.39, 0.29) is 12.4 Å². The molecule has 10 heteroatoms. The largest absolute Gasteiger partial charge is 0.480 e. The Bertz CT molecular complexity index is 349. The Morgan fingerprint density at radius 2 is 1.22 bits per heavy atom. The summed E-state index contributed by atoms with van der Waals surface area (Å²) in [7, 11) is 0. The van der Waals surface area contributed by atoms with E-state index in [0.717, 1.165) is 0 Å². The molecule has 4 N–H and O–H groups in total. The monoisotopic (exact) mass is 284 g/mol. The Labute approximate surface area is 105 Å². The molecule has 0 aromatic heterocycles. The van der Waals surface area contributed by atoms with Gasteiger partial charge in [-0.25, -0.2) is 9.59 Å². The molecule has 0 bridgehead atoms. The van der Waals surface area contributed by atoms with Gasteiger partial charge < -0.3 is 25.2 Å². The Balaban J connectivity index is 0.00000289. The van der Waals surface area contributed by atoms with E-state index in [4.69, 9.17) is 20.4 Å². The molecule has 0 radical (unpaired) electrons. The zero-order valence-corrected chi connectivity index (χ0v) is 9.47. The van der Waals surface area contributed by atoms with Gasteiger partial charge in [0.1, 0.15) is 0 Å². The molecular weight excluding hydrogens is 276 g/mol. The van der Waals surface area contributed by atoms with Crippen molar-refractivity contribution in [2.45, 2.75) is 12.0 Å². The highest BCUT2D eigenvalue weighted by molar-refractivity contribution is 6.16. The first-order chi connectivity index (χ1) is 7.73. The van der Waals surface area contributed by atoms with Gasteiger partial charge in [-0.2, -0.15) is 0 Å². The highest BCUT2D eigenvalue weighted by Crippen LogP contribution is 2.45. The summed E-state index contributed by atoms with van der Waals surface area (Å²) in [5.41, 5.74) is -6.35. The molecule has 0 unspecified atom stereocenters. The van der Waals surface area contributed by atoms with Gasteiger partial charge in [0, 0.05) is 6.42 Å². The highest BCUT2D eigenvalue weighted by atomic mass is 35.5. The molecule has 102 valence electrons. The summed E-state index contributed by atoms with van der Waals surface area (Å²) in [6.07, 6.45) is -0.740. The molecule has 0 aliphatic carbocycles. The van der Waals surface area contributed by atoms with E-state index >= 15 is 0 Å². The fraction of sp³-hybridized carbons (Fsp3) is 0.500. The van der Waals surface area contributed by atoms with E-state index < -0.39 is 47.9 Å². The van der Waals surface area contributed by atoms with E-state index in [1.54, 1.807) is 0 Å². The van der Waals surface area contributed by atoms with E-state index in [1.165, 1.54) is 0 Å². The number of rotatable bonds is 4. The summed E-state index contributed by atoms with van der Waals surface area (Å²) < 4.78 is 4.44. The fourth-order valence-corrected chi connectivity index (χ4v) is 1.84. The molecule has 0 aromatic carbocycles. The molecular formula is C8H9ClO9. The minimum absolute atomic E-state index is 0. The topological polar surface area (TPSA) is 158 Å². The zero-order chi connectivity index (χ0) is 13.4. The maximum atomic E-state index is 11.0. The number of ether oxygens (including phenoxy) is 1. The predicted octanol–water partition coefficient (Wildman–Crippen LogP) is -1.11. The van der Waals surface area contributed by atoms with Gasteiger partial charge in [0.2, 0.25) is 5.41 Å². The third-order valence-corrected chi connectivity index (χ3v) is 2.73. The van der Waals surface area contributed by atoms with E-state index in [9.17, 15) is 19.2 Å². The summed E-state index contributed by atoms with van der Waals surface area (Å²) in [5.74, 6) is -8.45. The van der Waals surface area contributed by atoms with Crippen LogP contribution in [0.2, 0.25) is 0 Å². The lowest BCUT2D eigenvalue weighted by molar-refractivity contribution is -0.201. The second-order valence-electron chi connectivity index (χ2n) is 3.41. The summed E-state index contributed by atoms with van der Waals surface area (Å²) in [6.45, 7) is -0.586. The molecule has 9 nitrogen and oxygen atoms in total. The summed E-state index contributed by atoms with van der Waals surface area (Å²) in [4.78, 5) is 43.9. The van der Waals surface area contributed by atoms with Gasteiger partial charge in [0.15, 0.2) is 0 Å². The number of aliphatic carboxylic acids is 4. The van der Waals surface area contributed by atoms with Gasteiger partial charge >= 0.3 is 23.9 Å². The fourth-order valence-electron chi connectivity index (χ4n) is 1.84. The Hall–Kier alpha value is -1.87. The van der Waals surface area contributed by atoms with Crippen molar-refractivity contribution in [2.75, 3.05) is 6.61 Å². The van der Waals surface area contributed by atoms with Crippen LogP contribution in [-0.4, -0.2) is 56.5 Å². The van der Waals surface area contributed by atoms with Crippen molar-refractivity contribution in [2.24, 2.45) is 5.41 Å². The zero-order valence-electron chi connectivity index (χ0n) is 8.65. The maximum Gasteiger partial charge on any atom is 0.349 e. The lowest BCUT2D eigenvalue weighted by Crippen LogP contribution is -2.64. The molecule has 0 atom stereocenters. The maximum absolute atomic E-state index is 11.0. The number of hydrogen-bond donors (Lipinski definition) is 4. The van der Waals surface area contributed by atoms with Crippen LogP contribution in [-0.2, 0) is 23.9 Å². The van der Waals surface area contributed by atoms with E-state index in [1.807, 2.05) is 0 Å². The highest BCUT2D eigenvalue weighted by Gasteiger charge is 2.76. The molecule has 1 saturated heterocycles. The first-order valence-electron chi connectivity index (χ1n) is 4.31. The van der Waals surface area contributed by atoms with Gasteiger partial charge in [-0.3, -0.25) is 9.59 Å². The predicted molar refractivity (Wildman–Crippen MR) is 53.5 cm³/mol. The normalized spacial score (nSPS) is 19.6. The third kappa shape index (κ3) is 1.59. The molecule has 1 aliphatic rings. The average molecular weight is 285 g/mol. The Morgan fingerprint density at radius 1 is 0.833 bits per heavy atom. The third-order valence-electron chi connectivity index (χ3n) is 2.73. The number of carbonyl (C=O) groups is 4. The van der Waals surface area contributed by atoms with Crippen LogP contribution in [0.25, 0.3) is 0 Å². The summed E-state index contributed by atoms with van der Waals surface area (Å²) >= 11 is 0. The van der Waals surface area contributed by atoms with Crippen LogP contribution in [0.4, 0.5) is 0 Å². The second kappa shape index (κ2) is 4.78. The van der Waals surface area contributed by atoms with Crippen molar-refractivity contribution in [1.82, 2.24) is 0 Å². The van der Waals surface area contributed by atoms with Crippen LogP contribution >= 0.6 is 12.4 Å². The van der Waals surface area contributed by atoms with Crippen LogP contribution in [0.5, 0.6) is 0 Å². The van der Waals surface area contributed by atoms with Crippen molar-refractivity contribution in [3.63, 3.8) is 0 Å². The minimum Gasteiger partial charge on any atom is -0.480 e. The molecule has 1 aliphatic heterocycles. The first-order valence-corrected chi connectivity index (χ1v) is 4.31. The molecule has 1 heterocycles. The second-order valence-corrected chi connectivity index (χ2v) is 3.41. The molecule has 0 aromatic rings. The lowest BCUT2D eigenvalue weighted by Gasteiger charge is -2.30. The number of halogens is 1. The van der Waals surface area contributed by atoms with Crippen LogP contribution in [0, 0.1) is 5.41 Å². The SMILES string of the molecule is Cl.O=C(O)C1(C(=O)O)CCOC1(C(=O)O)C(=O)O. The van der Waals surface area contributed by atoms with Crippen molar-refractivity contribution in [1.29, 1.82) is 0 Å². The van der Waals surface area contributed by atoms with Crippen LogP contribution in [0.15, 0.2) is 0 Å². The smallest absolute Gasteiger partial charge is 0.349 e. The first kappa shape index (κ1) is 16.1. The van der Waals surface area contributed by atoms with Gasteiger partial charge in [0.05, 0.1) is 6.61 Å². The van der Waals surface area contributed by atoms with Gasteiger partial charge in [-0.1, -0.05) is 0 Å². The van der Waals surface area contributed by atoms with Crippen LogP contribution in [0.3, 0.4) is 0 Å². The summed E-state index contributed by atoms with van der Waals surface area (Å²) in [6, 6.07) is 0. The van der Waals surface area contributed by atoms with Crippen molar-refractivity contribution in [3.8, 4) is 0 Å². The van der Waals surface area contributed by atoms with Crippen molar-refractivity contribution in [3.05, 3.63) is 0 Å². The minimum atomic E-state index is -3.31. The quantitative estimate of drug-likeness (QED) is 0.469. The molecule has 0 spiro atoms. The molecule has 18 heavy (non-hydrogen) atoms. The van der Waals surface area contributed by atoms with Gasteiger partial charge in [0.25, 0.3) is 5.60 Å². The average Bonchev–Trinajstić information content (AvgIpc) is 2.58. The molecule has 0 saturated carbocycles. The lowest BCUT2D eigenvalue weighted by atomic mass is 9.71. The van der Waals surface area contributed by atoms with Crippen molar-refractivity contribution >= 4 is 36.3 Å². The standard InChI is InChI=1S/C8H8O9.ClH/c9-3(10)7(4(11)12)1-2-17-8(7,5(13)14)6(15)16;/h1-2H2,(H,9,10)(H,11,12)(H,13,14)(H,15,16);1H. The number of hydrogen-bond acceptors (Lipinski definition) is 5. The van der Waals surface area contributed by atoms with Crippen molar-refractivity contribution < 1.29 is 44.3 Å². The Morgan fingerprint density at radius 3 is 1.44 bits per heavy atom. The number of carboxylic acid groups (broad SMARTS) is 4. The Kier molecular flexibility index (Phi) is 4.29. The van der Waals surface area contributed by atoms with Crippen LogP contribution < -0.4 is 0 Å². The van der Waals surface area contributed by atoms with E-state index in [0.29, 0.717) is 0 Å². The van der Waals surface area contributed by atoms with E-state index in [2.05, 4.69) is 4.74 Å².